The minimum Gasteiger partial charge on any atom is -0.383 e. The summed E-state index contributed by atoms with van der Waals surface area (Å²) in [6.07, 6.45) is 4.53. The molecule has 0 spiro atoms. The highest BCUT2D eigenvalue weighted by atomic mass is 32.2. The first-order valence-electron chi connectivity index (χ1n) is 8.25. The Bertz CT molecular complexity index is 772. The quantitative estimate of drug-likeness (QED) is 0.650. The van der Waals surface area contributed by atoms with Crippen LogP contribution in [-0.4, -0.2) is 90.6 Å². The number of aromatic nitrogens is 2. The van der Waals surface area contributed by atoms with Crippen LogP contribution in [0.25, 0.3) is 0 Å². The van der Waals surface area contributed by atoms with Gasteiger partial charge in [-0.15, -0.1) is 0 Å². The summed E-state index contributed by atoms with van der Waals surface area (Å²) in [5.41, 5.74) is 0.338. The molecule has 2 aliphatic heterocycles. The summed E-state index contributed by atoms with van der Waals surface area (Å²) >= 11 is 0. The van der Waals surface area contributed by atoms with Crippen LogP contribution in [0.3, 0.4) is 0 Å². The van der Waals surface area contributed by atoms with Crippen molar-refractivity contribution in [2.75, 3.05) is 39.1 Å². The summed E-state index contributed by atoms with van der Waals surface area (Å²) in [5.74, 6) is -0.907. The van der Waals surface area contributed by atoms with Crippen LogP contribution in [-0.2, 0) is 19.6 Å². The fraction of sp³-hybridized carbons (Fsp3) is 0.600. The number of nitrogens with one attached hydrogen (secondary N) is 1. The fourth-order valence-corrected chi connectivity index (χ4v) is 4.70. The summed E-state index contributed by atoms with van der Waals surface area (Å²) in [4.78, 5) is 34.5. The molecule has 2 fully saturated rings. The summed E-state index contributed by atoms with van der Waals surface area (Å²) < 4.78 is 30.5. The molecule has 2 saturated heterocycles. The maximum absolute atomic E-state index is 12.8. The highest BCUT2D eigenvalue weighted by Crippen LogP contribution is 2.24. The van der Waals surface area contributed by atoms with Crippen LogP contribution >= 0.6 is 0 Å². The zero-order valence-corrected chi connectivity index (χ0v) is 15.2. The van der Waals surface area contributed by atoms with E-state index in [0.29, 0.717) is 18.5 Å². The van der Waals surface area contributed by atoms with Gasteiger partial charge in [0.25, 0.3) is 11.8 Å². The molecule has 26 heavy (non-hydrogen) atoms. The first kappa shape index (κ1) is 18.7. The Morgan fingerprint density at radius 3 is 2.81 bits per heavy atom. The highest BCUT2D eigenvalue weighted by Gasteiger charge is 2.45. The van der Waals surface area contributed by atoms with E-state index in [2.05, 4.69) is 15.3 Å². The molecule has 11 heteroatoms. The fourth-order valence-electron chi connectivity index (χ4n) is 3.27. The SMILES string of the molecule is COCCN1C(=O)[C@@H]2C[C@H](NC(=O)c3cncnc3)CN2CCS1(=O)=O. The third kappa shape index (κ3) is 3.84. The lowest BCUT2D eigenvalue weighted by Gasteiger charge is -2.23. The molecule has 0 aliphatic carbocycles. The van der Waals surface area contributed by atoms with Gasteiger partial charge in [-0.25, -0.2) is 22.7 Å². The molecule has 2 aliphatic rings. The molecule has 3 rings (SSSR count). The first-order chi connectivity index (χ1) is 12.4. The number of fused-ring (bicyclic) bond motifs is 1. The monoisotopic (exact) mass is 383 g/mol. The van der Waals surface area contributed by atoms with Gasteiger partial charge in [0.1, 0.15) is 6.33 Å². The standard InChI is InChI=1S/C15H21N5O5S/c1-25-4-2-20-15(22)13-6-12(9-19(13)3-5-26(20,23)24)18-14(21)11-7-16-10-17-8-11/h7-8,10,12-13H,2-6,9H2,1H3,(H,18,21)/t12-,13-/m0/s1. The van der Waals surface area contributed by atoms with Gasteiger partial charge in [-0.05, 0) is 6.42 Å². The van der Waals surface area contributed by atoms with E-state index in [4.69, 9.17) is 4.74 Å². The van der Waals surface area contributed by atoms with E-state index in [-0.39, 0.29) is 37.4 Å². The number of hydrogen-bond donors (Lipinski definition) is 1. The van der Waals surface area contributed by atoms with E-state index < -0.39 is 22.0 Å². The van der Waals surface area contributed by atoms with E-state index in [1.54, 1.807) is 0 Å². The van der Waals surface area contributed by atoms with Gasteiger partial charge in [0.2, 0.25) is 10.0 Å². The van der Waals surface area contributed by atoms with E-state index in [0.717, 1.165) is 4.31 Å². The molecule has 142 valence electrons. The smallest absolute Gasteiger partial charge is 0.254 e. The van der Waals surface area contributed by atoms with E-state index >= 15 is 0 Å². The Balaban J connectivity index is 1.70. The number of methoxy groups -OCH3 is 1. The Kier molecular flexibility index (Phi) is 5.49. The molecular weight excluding hydrogens is 362 g/mol. The van der Waals surface area contributed by atoms with Crippen molar-refractivity contribution in [3.63, 3.8) is 0 Å². The van der Waals surface area contributed by atoms with E-state index in [1.165, 1.54) is 25.8 Å². The summed E-state index contributed by atoms with van der Waals surface area (Å²) in [7, 11) is -2.19. The van der Waals surface area contributed by atoms with Crippen LogP contribution in [0.1, 0.15) is 16.8 Å². The van der Waals surface area contributed by atoms with Gasteiger partial charge in [0, 0.05) is 38.6 Å². The van der Waals surface area contributed by atoms with E-state index in [9.17, 15) is 18.0 Å². The number of amides is 2. The van der Waals surface area contributed by atoms with Crippen molar-refractivity contribution in [2.45, 2.75) is 18.5 Å². The van der Waals surface area contributed by atoms with Gasteiger partial charge in [-0.2, -0.15) is 0 Å². The minimum absolute atomic E-state index is 0.000384. The molecule has 0 radical (unpaired) electrons. The Labute approximate surface area is 151 Å². The highest BCUT2D eigenvalue weighted by molar-refractivity contribution is 7.89. The van der Waals surface area contributed by atoms with Crippen molar-refractivity contribution in [2.24, 2.45) is 0 Å². The number of nitrogens with zero attached hydrogens (tertiary/aromatic N) is 4. The average molecular weight is 383 g/mol. The van der Waals surface area contributed by atoms with Crippen molar-refractivity contribution in [1.82, 2.24) is 24.5 Å². The number of ether oxygens (including phenoxy) is 1. The molecule has 1 aromatic heterocycles. The number of rotatable bonds is 5. The second-order valence-corrected chi connectivity index (χ2v) is 8.28. The molecule has 0 saturated carbocycles. The van der Waals surface area contributed by atoms with Crippen molar-refractivity contribution >= 4 is 21.8 Å². The summed E-state index contributed by atoms with van der Waals surface area (Å²) in [6, 6.07) is -0.816. The first-order valence-corrected chi connectivity index (χ1v) is 9.86. The average Bonchev–Trinajstić information content (AvgIpc) is 3.00. The molecular formula is C15H21N5O5S. The van der Waals surface area contributed by atoms with Crippen LogP contribution in [0.2, 0.25) is 0 Å². The number of sulfonamides is 1. The normalized spacial score (nSPS) is 25.6. The van der Waals surface area contributed by atoms with Gasteiger partial charge in [-0.3, -0.25) is 14.5 Å². The Morgan fingerprint density at radius 1 is 1.38 bits per heavy atom. The Hall–Kier alpha value is -2.11. The topological polar surface area (TPSA) is 122 Å². The third-order valence-corrected chi connectivity index (χ3v) is 6.30. The lowest BCUT2D eigenvalue weighted by atomic mass is 10.1. The van der Waals surface area contributed by atoms with Gasteiger partial charge in [0.15, 0.2) is 0 Å². The van der Waals surface area contributed by atoms with Crippen molar-refractivity contribution in [3.05, 3.63) is 24.3 Å². The molecule has 1 aromatic rings. The largest absolute Gasteiger partial charge is 0.383 e. The van der Waals surface area contributed by atoms with Crippen LogP contribution in [0.5, 0.6) is 0 Å². The molecule has 3 heterocycles. The second-order valence-electron chi connectivity index (χ2n) is 6.26. The van der Waals surface area contributed by atoms with Crippen molar-refractivity contribution in [1.29, 1.82) is 0 Å². The second kappa shape index (κ2) is 7.64. The van der Waals surface area contributed by atoms with Crippen molar-refractivity contribution < 1.29 is 22.7 Å². The molecule has 0 aromatic carbocycles. The van der Waals surface area contributed by atoms with Crippen LogP contribution in [0.4, 0.5) is 0 Å². The maximum Gasteiger partial charge on any atom is 0.254 e. The van der Waals surface area contributed by atoms with Gasteiger partial charge in [0.05, 0.1) is 30.5 Å². The number of carbonyl (C=O) groups is 2. The van der Waals surface area contributed by atoms with Gasteiger partial charge < -0.3 is 10.1 Å². The number of carbonyl (C=O) groups excluding carboxylic acids is 2. The lowest BCUT2D eigenvalue weighted by Crippen LogP contribution is -2.45. The van der Waals surface area contributed by atoms with Gasteiger partial charge in [-0.1, -0.05) is 0 Å². The molecule has 10 nitrogen and oxygen atoms in total. The summed E-state index contributed by atoms with van der Waals surface area (Å²) in [6.45, 7) is 0.818. The van der Waals surface area contributed by atoms with Crippen LogP contribution < -0.4 is 5.32 Å². The molecule has 2 amide bonds. The maximum atomic E-state index is 12.8. The Morgan fingerprint density at radius 2 is 2.12 bits per heavy atom. The molecule has 2 atom stereocenters. The number of hydrogen-bond acceptors (Lipinski definition) is 8. The predicted molar refractivity (Wildman–Crippen MR) is 90.6 cm³/mol. The van der Waals surface area contributed by atoms with Gasteiger partial charge >= 0.3 is 0 Å². The van der Waals surface area contributed by atoms with Crippen LogP contribution in [0, 0.1) is 0 Å². The minimum atomic E-state index is -3.65. The summed E-state index contributed by atoms with van der Waals surface area (Å²) in [5, 5.41) is 2.87. The van der Waals surface area contributed by atoms with Crippen LogP contribution in [0.15, 0.2) is 18.7 Å². The lowest BCUT2D eigenvalue weighted by molar-refractivity contribution is -0.131. The zero-order valence-electron chi connectivity index (χ0n) is 14.4. The predicted octanol–water partition coefficient (Wildman–Crippen LogP) is -1.53. The molecule has 0 bridgehead atoms. The molecule has 1 N–H and O–H groups in total. The van der Waals surface area contributed by atoms with E-state index in [1.807, 2.05) is 4.90 Å². The molecule has 0 unspecified atom stereocenters. The third-order valence-electron chi connectivity index (χ3n) is 4.56. The zero-order chi connectivity index (χ0) is 18.7. The van der Waals surface area contributed by atoms with Crippen molar-refractivity contribution in [3.8, 4) is 0 Å².